The fraction of sp³-hybridized carbons (Fsp3) is 0.717. The number of esters is 2. The van der Waals surface area contributed by atoms with Gasteiger partial charge in [-0.05, 0) is 70.6 Å². The maximum Gasteiger partial charge on any atom is 0.472 e. The minimum Gasteiger partial charge on any atom is -0.462 e. The molecule has 1 rings (SSSR count). The molecule has 338 valence electrons. The fourth-order valence-corrected chi connectivity index (χ4v) is 7.04. The molecule has 1 saturated carbocycles. The third-order valence-corrected chi connectivity index (χ3v) is 10.9. The second kappa shape index (κ2) is 33.0. The van der Waals surface area contributed by atoms with Crippen molar-refractivity contribution in [2.24, 2.45) is 11.8 Å². The van der Waals surface area contributed by atoms with Crippen LogP contribution in [0.3, 0.4) is 0 Å². The lowest BCUT2D eigenvalue weighted by molar-refractivity contribution is -0.870. The molecule has 1 aliphatic rings. The average Bonchev–Trinajstić information content (AvgIpc) is 3.44. The average molecular weight is 853 g/mol. The van der Waals surface area contributed by atoms with Gasteiger partial charge in [-0.3, -0.25) is 23.4 Å². The Bertz CT molecular complexity index is 1350. The Kier molecular flexibility index (Phi) is 30.4. The molecule has 59 heavy (non-hydrogen) atoms. The second-order valence-electron chi connectivity index (χ2n) is 16.5. The topological polar surface area (TPSA) is 166 Å². The van der Waals surface area contributed by atoms with Gasteiger partial charge < -0.3 is 29.1 Å². The van der Waals surface area contributed by atoms with Gasteiger partial charge in [0.1, 0.15) is 25.5 Å². The first-order valence-corrected chi connectivity index (χ1v) is 23.6. The van der Waals surface area contributed by atoms with Gasteiger partial charge in [0.25, 0.3) is 0 Å². The first kappa shape index (κ1) is 54.3. The van der Waals surface area contributed by atoms with Crippen LogP contribution in [0.15, 0.2) is 60.8 Å². The van der Waals surface area contributed by atoms with Crippen LogP contribution in [0.4, 0.5) is 0 Å². The minimum absolute atomic E-state index is 0.0100. The molecule has 0 radical (unpaired) electrons. The van der Waals surface area contributed by atoms with Crippen LogP contribution in [-0.2, 0) is 37.5 Å². The van der Waals surface area contributed by atoms with Gasteiger partial charge in [-0.1, -0.05) is 107 Å². The summed E-state index contributed by atoms with van der Waals surface area (Å²) in [4.78, 5) is 48.1. The van der Waals surface area contributed by atoms with Crippen LogP contribution in [0.2, 0.25) is 0 Å². The number of hydrogen-bond donors (Lipinski definition) is 3. The zero-order valence-electron chi connectivity index (χ0n) is 36.9. The lowest BCUT2D eigenvalue weighted by Crippen LogP contribution is -2.37. The third-order valence-electron chi connectivity index (χ3n) is 9.89. The molecule has 6 atom stereocenters. The van der Waals surface area contributed by atoms with Gasteiger partial charge in [0.05, 0.1) is 40.0 Å². The van der Waals surface area contributed by atoms with E-state index in [0.717, 1.165) is 51.4 Å². The summed E-state index contributed by atoms with van der Waals surface area (Å²) in [5.74, 6) is -1.79. The summed E-state index contributed by atoms with van der Waals surface area (Å²) in [5, 5.41) is 20.7. The number of ketones is 1. The van der Waals surface area contributed by atoms with Crippen LogP contribution in [0.25, 0.3) is 0 Å². The van der Waals surface area contributed by atoms with E-state index in [1.54, 1.807) is 12.2 Å². The Morgan fingerprint density at radius 1 is 0.797 bits per heavy atom. The van der Waals surface area contributed by atoms with Gasteiger partial charge >= 0.3 is 19.8 Å². The Morgan fingerprint density at radius 3 is 2.05 bits per heavy atom. The van der Waals surface area contributed by atoms with Crippen molar-refractivity contribution in [3.05, 3.63) is 60.8 Å². The van der Waals surface area contributed by atoms with E-state index in [2.05, 4.69) is 50.3 Å². The van der Waals surface area contributed by atoms with Crippen LogP contribution >= 0.6 is 7.82 Å². The number of quaternary nitrogens is 1. The van der Waals surface area contributed by atoms with Gasteiger partial charge in [0.2, 0.25) is 0 Å². The van der Waals surface area contributed by atoms with Gasteiger partial charge in [0.15, 0.2) is 6.10 Å². The summed E-state index contributed by atoms with van der Waals surface area (Å²) in [6.07, 6.45) is 32.1. The number of allylic oxidation sites excluding steroid dienone is 8. The van der Waals surface area contributed by atoms with Crippen LogP contribution in [0.1, 0.15) is 136 Å². The number of carbonyl (C=O) groups excluding carboxylic acids is 3. The molecule has 3 N–H and O–H groups in total. The largest absolute Gasteiger partial charge is 0.472 e. The second-order valence-corrected chi connectivity index (χ2v) is 18.0. The van der Waals surface area contributed by atoms with Gasteiger partial charge in [-0.15, -0.1) is 0 Å². The summed E-state index contributed by atoms with van der Waals surface area (Å²) in [6.45, 7) is 3.91. The van der Waals surface area contributed by atoms with E-state index < -0.39 is 44.7 Å². The highest BCUT2D eigenvalue weighted by Gasteiger charge is 2.39. The van der Waals surface area contributed by atoms with Crippen molar-refractivity contribution in [2.45, 2.75) is 154 Å². The molecule has 1 fully saturated rings. The molecule has 12 nitrogen and oxygen atoms in total. The van der Waals surface area contributed by atoms with E-state index in [4.69, 9.17) is 18.5 Å². The molecule has 13 heteroatoms. The van der Waals surface area contributed by atoms with Crippen molar-refractivity contribution < 1.29 is 57.1 Å². The number of ether oxygens (including phenoxy) is 2. The Hall–Kier alpha value is -2.70. The predicted molar refractivity (Wildman–Crippen MR) is 234 cm³/mol. The molecule has 1 aliphatic carbocycles. The normalized spacial score (nSPS) is 19.8. The minimum atomic E-state index is -4.46. The van der Waals surface area contributed by atoms with Crippen LogP contribution in [0.5, 0.6) is 0 Å². The number of phosphoric ester groups is 1. The summed E-state index contributed by atoms with van der Waals surface area (Å²) in [6, 6.07) is 0. The van der Waals surface area contributed by atoms with Gasteiger partial charge in [-0.25, -0.2) is 4.57 Å². The highest BCUT2D eigenvalue weighted by molar-refractivity contribution is 7.47. The molecule has 0 spiro atoms. The lowest BCUT2D eigenvalue weighted by atomic mass is 9.90. The first-order valence-electron chi connectivity index (χ1n) is 22.1. The standard InChI is InChI=1S/C46H78NO11P/c1-6-8-10-11-12-13-14-15-16-17-18-19-20-21-26-30-45(51)55-37-40(38-57-59(53,54)56-35-34-47(3,4)5)58-46(52)31-27-23-22-25-29-41-42(44(50)36-43(41)49)33-32-39(48)28-24-9-7-2/h12-13,15-16,18-19,22,25,32-33,39-42,44,48,50H,6-11,14,17,20-21,23-24,26-31,34-38H2,1-5H3/p+1/b13-12-,16-15-,19-18-,25-22-,33-32+/t39-,40+,41+,42+,44+/m0/s1. The summed E-state index contributed by atoms with van der Waals surface area (Å²) < 4.78 is 34.1. The number of nitrogens with zero attached hydrogens (tertiary/aromatic N) is 1. The van der Waals surface area contributed by atoms with Gasteiger partial charge in [-0.2, -0.15) is 0 Å². The number of hydrogen-bond acceptors (Lipinski definition) is 10. The predicted octanol–water partition coefficient (Wildman–Crippen LogP) is 9.05. The summed E-state index contributed by atoms with van der Waals surface area (Å²) in [5.41, 5.74) is 0. The van der Waals surface area contributed by atoms with Crippen LogP contribution < -0.4 is 0 Å². The Labute approximate surface area is 356 Å². The molecular weight excluding hydrogens is 773 g/mol. The molecule has 0 aromatic rings. The maximum atomic E-state index is 12.8. The van der Waals surface area contributed by atoms with E-state index in [0.29, 0.717) is 43.1 Å². The zero-order chi connectivity index (χ0) is 43.8. The molecule has 0 aromatic carbocycles. The number of aliphatic hydroxyl groups is 2. The molecule has 1 unspecified atom stereocenters. The molecule has 0 aromatic heterocycles. The van der Waals surface area contributed by atoms with E-state index in [9.17, 15) is 34.1 Å². The van der Waals surface area contributed by atoms with Crippen molar-refractivity contribution in [1.29, 1.82) is 0 Å². The van der Waals surface area contributed by atoms with Crippen molar-refractivity contribution in [2.75, 3.05) is 47.5 Å². The number of phosphoric acid groups is 1. The molecule has 0 bridgehead atoms. The first-order chi connectivity index (χ1) is 28.2. The Morgan fingerprint density at radius 2 is 1.39 bits per heavy atom. The third kappa shape index (κ3) is 30.1. The highest BCUT2D eigenvalue weighted by Crippen LogP contribution is 2.43. The summed E-state index contributed by atoms with van der Waals surface area (Å²) in [7, 11) is 1.28. The Balaban J connectivity index is 2.56. The molecule has 0 saturated heterocycles. The fourth-order valence-electron chi connectivity index (χ4n) is 6.29. The van der Waals surface area contributed by atoms with E-state index >= 15 is 0 Å². The quantitative estimate of drug-likeness (QED) is 0.0183. The number of likely N-dealkylation sites (N-methyl/N-ethyl adjacent to an activating group) is 1. The number of aliphatic hydroxyl groups excluding tert-OH is 2. The van der Waals surface area contributed by atoms with Crippen LogP contribution in [-0.4, -0.2) is 103 Å². The summed E-state index contributed by atoms with van der Waals surface area (Å²) >= 11 is 0. The van der Waals surface area contributed by atoms with Crippen molar-refractivity contribution in [1.82, 2.24) is 0 Å². The number of rotatable bonds is 35. The zero-order valence-corrected chi connectivity index (χ0v) is 37.8. The smallest absolute Gasteiger partial charge is 0.462 e. The molecular formula is C46H79NO11P+. The lowest BCUT2D eigenvalue weighted by Gasteiger charge is -2.24. The van der Waals surface area contributed by atoms with Crippen molar-refractivity contribution in [3.8, 4) is 0 Å². The van der Waals surface area contributed by atoms with Crippen LogP contribution in [0, 0.1) is 11.8 Å². The van der Waals surface area contributed by atoms with Crippen molar-refractivity contribution >= 4 is 25.5 Å². The SMILES string of the molecule is CCCCC/C=C\C/C=C\C/C=C\CCCCC(=O)OC[C@H](COP(=O)(O)OCC[N+](C)(C)C)OC(=O)CCC/C=C\C[C@H]1C(=O)C[C@@H](O)[C@@H]1/C=C/[C@@H](O)CCCCC. The number of Topliss-reactive ketones (excluding diaryl/α,β-unsaturated/α-hetero) is 1. The monoisotopic (exact) mass is 853 g/mol. The number of carbonyl (C=O) groups is 3. The molecule has 0 heterocycles. The van der Waals surface area contributed by atoms with E-state index in [1.807, 2.05) is 33.3 Å². The highest BCUT2D eigenvalue weighted by atomic mass is 31.2. The molecule has 0 aliphatic heterocycles. The van der Waals surface area contributed by atoms with E-state index in [-0.39, 0.29) is 50.1 Å². The van der Waals surface area contributed by atoms with Crippen molar-refractivity contribution in [3.63, 3.8) is 0 Å². The molecule has 0 amide bonds. The van der Waals surface area contributed by atoms with E-state index in [1.165, 1.54) is 19.3 Å². The van der Waals surface area contributed by atoms with Gasteiger partial charge in [0, 0.05) is 31.1 Å². The maximum absolute atomic E-state index is 12.8. The number of unbranched alkanes of at least 4 members (excludes halogenated alkanes) is 8.